The molecule has 1 heterocycles. The number of amides is 3. The van der Waals surface area contributed by atoms with Crippen molar-refractivity contribution in [3.8, 4) is 0 Å². The molecule has 1 aliphatic rings. The number of hydrogen-bond donors (Lipinski definition) is 3. The topological polar surface area (TPSA) is 113 Å². The van der Waals surface area contributed by atoms with E-state index in [1.807, 2.05) is 20.8 Å². The van der Waals surface area contributed by atoms with Crippen LogP contribution in [0.15, 0.2) is 0 Å². The molecule has 0 aromatic heterocycles. The van der Waals surface area contributed by atoms with Gasteiger partial charge in [0.05, 0.1) is 5.92 Å². The number of likely N-dealkylation sites (tertiary alicyclic amines) is 1. The molecule has 0 aliphatic carbocycles. The van der Waals surface area contributed by atoms with Crippen molar-refractivity contribution in [2.24, 2.45) is 23.5 Å². The third-order valence-electron chi connectivity index (χ3n) is 3.56. The van der Waals surface area contributed by atoms with Crippen LogP contribution >= 0.6 is 0 Å². The molecule has 114 valence electrons. The summed E-state index contributed by atoms with van der Waals surface area (Å²) in [4.78, 5) is 36.0. The number of urea groups is 1. The lowest BCUT2D eigenvalue weighted by Crippen LogP contribution is -2.50. The summed E-state index contributed by atoms with van der Waals surface area (Å²) in [6.07, 6.45) is 0.477. The molecule has 1 fully saturated rings. The number of nitrogens with two attached hydrogens (primary N) is 1. The highest BCUT2D eigenvalue weighted by molar-refractivity contribution is 5.87. The molecule has 1 saturated heterocycles. The Morgan fingerprint density at radius 3 is 2.35 bits per heavy atom. The Hall–Kier alpha value is -1.79. The van der Waals surface area contributed by atoms with E-state index in [-0.39, 0.29) is 24.3 Å². The molecule has 0 bridgehead atoms. The van der Waals surface area contributed by atoms with Gasteiger partial charge in [0.25, 0.3) is 0 Å². The monoisotopic (exact) mass is 285 g/mol. The first-order valence-electron chi connectivity index (χ1n) is 6.80. The zero-order chi connectivity index (χ0) is 15.4. The van der Waals surface area contributed by atoms with Crippen molar-refractivity contribution < 1.29 is 19.5 Å². The number of hydrogen-bond acceptors (Lipinski definition) is 3. The van der Waals surface area contributed by atoms with Gasteiger partial charge in [0, 0.05) is 13.1 Å². The van der Waals surface area contributed by atoms with Gasteiger partial charge in [-0.2, -0.15) is 0 Å². The normalized spacial score (nSPS) is 23.7. The Labute approximate surface area is 118 Å². The lowest BCUT2D eigenvalue weighted by atomic mass is 9.99. The standard InChI is InChI=1S/C13H23N3O4/c1-7(2)4-10(15-13(14)20)11(17)16-5-8(3)9(6-16)12(18)19/h7-10H,4-6H2,1-3H3,(H,18,19)(H3,14,15,20)/t8-,9-,10?/m1/s1. The van der Waals surface area contributed by atoms with Gasteiger partial charge in [0.2, 0.25) is 5.91 Å². The second-order valence-electron chi connectivity index (χ2n) is 5.86. The van der Waals surface area contributed by atoms with Crippen molar-refractivity contribution in [1.82, 2.24) is 10.2 Å². The maximum Gasteiger partial charge on any atom is 0.312 e. The van der Waals surface area contributed by atoms with Gasteiger partial charge >= 0.3 is 12.0 Å². The summed E-state index contributed by atoms with van der Waals surface area (Å²) in [7, 11) is 0. The molecule has 0 aromatic carbocycles. The Balaban J connectivity index is 2.75. The predicted octanol–water partition coefficient (Wildman–Crippen LogP) is 0.249. The van der Waals surface area contributed by atoms with Crippen LogP contribution in [0.3, 0.4) is 0 Å². The van der Waals surface area contributed by atoms with E-state index < -0.39 is 24.0 Å². The first-order chi connectivity index (χ1) is 9.22. The number of nitrogens with one attached hydrogen (secondary N) is 1. The maximum absolute atomic E-state index is 12.4. The molecule has 0 saturated carbocycles. The van der Waals surface area contributed by atoms with Crippen molar-refractivity contribution in [2.45, 2.75) is 33.2 Å². The van der Waals surface area contributed by atoms with Crippen LogP contribution < -0.4 is 11.1 Å². The highest BCUT2D eigenvalue weighted by atomic mass is 16.4. The zero-order valence-corrected chi connectivity index (χ0v) is 12.1. The second-order valence-corrected chi connectivity index (χ2v) is 5.86. The van der Waals surface area contributed by atoms with Crippen LogP contribution in [0.2, 0.25) is 0 Å². The van der Waals surface area contributed by atoms with Gasteiger partial charge in [-0.15, -0.1) is 0 Å². The third-order valence-corrected chi connectivity index (χ3v) is 3.56. The minimum Gasteiger partial charge on any atom is -0.481 e. The first-order valence-corrected chi connectivity index (χ1v) is 6.80. The Morgan fingerprint density at radius 1 is 1.35 bits per heavy atom. The number of carbonyl (C=O) groups excluding carboxylic acids is 2. The van der Waals surface area contributed by atoms with Crippen LogP contribution in [0.25, 0.3) is 0 Å². The summed E-state index contributed by atoms with van der Waals surface area (Å²) in [6.45, 7) is 6.27. The molecule has 1 unspecified atom stereocenters. The largest absolute Gasteiger partial charge is 0.481 e. The van der Waals surface area contributed by atoms with Gasteiger partial charge in [-0.05, 0) is 18.3 Å². The molecule has 4 N–H and O–H groups in total. The van der Waals surface area contributed by atoms with Crippen molar-refractivity contribution in [3.05, 3.63) is 0 Å². The smallest absolute Gasteiger partial charge is 0.312 e. The van der Waals surface area contributed by atoms with Crippen LogP contribution in [-0.2, 0) is 9.59 Å². The fraction of sp³-hybridized carbons (Fsp3) is 0.769. The van der Waals surface area contributed by atoms with Crippen molar-refractivity contribution >= 4 is 17.9 Å². The predicted molar refractivity (Wildman–Crippen MR) is 72.8 cm³/mol. The number of nitrogens with zero attached hydrogens (tertiary/aromatic N) is 1. The molecule has 1 rings (SSSR count). The Morgan fingerprint density at radius 2 is 1.95 bits per heavy atom. The van der Waals surface area contributed by atoms with E-state index >= 15 is 0 Å². The van der Waals surface area contributed by atoms with E-state index in [4.69, 9.17) is 10.8 Å². The average molecular weight is 285 g/mol. The van der Waals surface area contributed by atoms with E-state index in [1.54, 1.807) is 0 Å². The highest BCUT2D eigenvalue weighted by Gasteiger charge is 2.39. The number of primary amides is 1. The number of rotatable bonds is 5. The van der Waals surface area contributed by atoms with Crippen LogP contribution in [0.5, 0.6) is 0 Å². The minimum absolute atomic E-state index is 0.0928. The lowest BCUT2D eigenvalue weighted by molar-refractivity contribution is -0.142. The summed E-state index contributed by atoms with van der Waals surface area (Å²) in [5, 5.41) is 11.5. The van der Waals surface area contributed by atoms with Crippen LogP contribution in [0.1, 0.15) is 27.2 Å². The van der Waals surface area contributed by atoms with Crippen molar-refractivity contribution in [2.75, 3.05) is 13.1 Å². The molecule has 0 radical (unpaired) electrons. The molecular weight excluding hydrogens is 262 g/mol. The van der Waals surface area contributed by atoms with Gasteiger partial charge in [0.1, 0.15) is 6.04 Å². The van der Waals surface area contributed by atoms with Crippen molar-refractivity contribution in [3.63, 3.8) is 0 Å². The summed E-state index contributed by atoms with van der Waals surface area (Å²) in [5.74, 6) is -1.58. The first kappa shape index (κ1) is 16.3. The third kappa shape index (κ3) is 4.11. The molecule has 0 aromatic rings. The van der Waals surface area contributed by atoms with E-state index in [1.165, 1.54) is 4.90 Å². The number of carboxylic acid groups (broad SMARTS) is 1. The van der Waals surface area contributed by atoms with E-state index in [2.05, 4.69) is 5.32 Å². The van der Waals surface area contributed by atoms with Crippen molar-refractivity contribution in [1.29, 1.82) is 0 Å². The quantitative estimate of drug-likeness (QED) is 0.672. The van der Waals surface area contributed by atoms with Crippen LogP contribution in [0.4, 0.5) is 4.79 Å². The molecule has 0 spiro atoms. The van der Waals surface area contributed by atoms with Gasteiger partial charge < -0.3 is 21.1 Å². The molecule has 7 nitrogen and oxygen atoms in total. The molecule has 1 aliphatic heterocycles. The van der Waals surface area contributed by atoms with Gasteiger partial charge in [-0.3, -0.25) is 9.59 Å². The average Bonchev–Trinajstić information content (AvgIpc) is 2.68. The SMILES string of the molecule is CC(C)CC(NC(N)=O)C(=O)N1C[C@@H](C)[C@H](C(=O)O)C1. The second kappa shape index (κ2) is 6.58. The molecular formula is C13H23N3O4. The van der Waals surface area contributed by atoms with E-state index in [9.17, 15) is 14.4 Å². The highest BCUT2D eigenvalue weighted by Crippen LogP contribution is 2.24. The lowest BCUT2D eigenvalue weighted by Gasteiger charge is -2.24. The molecule has 3 amide bonds. The fourth-order valence-corrected chi connectivity index (χ4v) is 2.55. The zero-order valence-electron chi connectivity index (χ0n) is 12.1. The van der Waals surface area contributed by atoms with Crippen LogP contribution in [0, 0.1) is 17.8 Å². The molecule has 3 atom stereocenters. The summed E-state index contributed by atoms with van der Waals surface area (Å²) < 4.78 is 0. The van der Waals surface area contributed by atoms with E-state index in [0.29, 0.717) is 13.0 Å². The van der Waals surface area contributed by atoms with Crippen LogP contribution in [-0.4, -0.2) is 47.0 Å². The van der Waals surface area contributed by atoms with Gasteiger partial charge in [0.15, 0.2) is 0 Å². The fourth-order valence-electron chi connectivity index (χ4n) is 2.55. The number of carbonyl (C=O) groups is 3. The van der Waals surface area contributed by atoms with Gasteiger partial charge in [-0.25, -0.2) is 4.79 Å². The Kier molecular flexibility index (Phi) is 5.35. The summed E-state index contributed by atoms with van der Waals surface area (Å²) in [6, 6.07) is -1.43. The maximum atomic E-state index is 12.4. The van der Waals surface area contributed by atoms with Gasteiger partial charge in [-0.1, -0.05) is 20.8 Å². The molecule has 7 heteroatoms. The summed E-state index contributed by atoms with van der Waals surface area (Å²) in [5.41, 5.74) is 5.09. The minimum atomic E-state index is -0.893. The summed E-state index contributed by atoms with van der Waals surface area (Å²) >= 11 is 0. The Bertz CT molecular complexity index is 397. The van der Waals surface area contributed by atoms with E-state index in [0.717, 1.165) is 0 Å². The number of aliphatic carboxylic acids is 1. The molecule has 20 heavy (non-hydrogen) atoms. The number of carboxylic acids is 1.